The third-order valence-corrected chi connectivity index (χ3v) is 5.88. The highest BCUT2D eigenvalue weighted by Crippen LogP contribution is 2.37. The number of benzene rings is 1. The van der Waals surface area contributed by atoms with Gasteiger partial charge in [0, 0.05) is 6.26 Å². The number of imidazole rings is 1. The molecular formula is C13H16N2O2S2. The van der Waals surface area contributed by atoms with Gasteiger partial charge in [-0.25, -0.2) is 13.4 Å². The van der Waals surface area contributed by atoms with Crippen LogP contribution in [-0.4, -0.2) is 30.4 Å². The number of hydrogen-bond donors (Lipinski definition) is 1. The van der Waals surface area contributed by atoms with Crippen LogP contribution in [0.15, 0.2) is 23.1 Å². The van der Waals surface area contributed by atoms with Gasteiger partial charge in [-0.1, -0.05) is 6.42 Å². The third-order valence-electron chi connectivity index (χ3n) is 3.38. The third kappa shape index (κ3) is 2.65. The second-order valence-corrected chi connectivity index (χ2v) is 8.25. The van der Waals surface area contributed by atoms with E-state index in [-0.39, 0.29) is 0 Å². The molecular weight excluding hydrogens is 280 g/mol. The Morgan fingerprint density at radius 2 is 2.21 bits per heavy atom. The number of aromatic amines is 1. The maximum absolute atomic E-state index is 11.5. The van der Waals surface area contributed by atoms with Crippen LogP contribution in [0.25, 0.3) is 11.0 Å². The molecule has 0 aliphatic carbocycles. The minimum absolute atomic E-state index is 0.339. The topological polar surface area (TPSA) is 62.8 Å². The van der Waals surface area contributed by atoms with Crippen molar-refractivity contribution >= 4 is 32.6 Å². The average molecular weight is 296 g/mol. The fourth-order valence-electron chi connectivity index (χ4n) is 2.35. The standard InChI is InChI=1S/C13H16N2O2S2/c1-19(16,17)9-5-6-10-11(8-9)15-13(14-10)12-4-2-3-7-18-12/h5-6,8,12H,2-4,7H2,1H3,(H,14,15). The Bertz CT molecular complexity index is 701. The Balaban J connectivity index is 2.01. The van der Waals surface area contributed by atoms with Crippen molar-refractivity contribution in [2.75, 3.05) is 12.0 Å². The Kier molecular flexibility index (Phi) is 3.30. The van der Waals surface area contributed by atoms with Gasteiger partial charge in [0.1, 0.15) is 5.82 Å². The fourth-order valence-corrected chi connectivity index (χ4v) is 4.25. The van der Waals surface area contributed by atoms with Crippen LogP contribution in [0.5, 0.6) is 0 Å². The Morgan fingerprint density at radius 1 is 1.37 bits per heavy atom. The molecule has 1 atom stereocenters. The Hall–Kier alpha value is -1.01. The molecule has 0 radical (unpaired) electrons. The van der Waals surface area contributed by atoms with E-state index >= 15 is 0 Å². The van der Waals surface area contributed by atoms with Crippen LogP contribution in [0, 0.1) is 0 Å². The first kappa shape index (κ1) is 13.0. The van der Waals surface area contributed by atoms with E-state index in [1.807, 2.05) is 11.8 Å². The maximum atomic E-state index is 11.5. The molecule has 6 heteroatoms. The number of sulfone groups is 1. The van der Waals surface area contributed by atoms with E-state index in [0.717, 1.165) is 23.3 Å². The smallest absolute Gasteiger partial charge is 0.175 e. The van der Waals surface area contributed by atoms with Gasteiger partial charge >= 0.3 is 0 Å². The molecule has 0 saturated carbocycles. The van der Waals surface area contributed by atoms with Crippen LogP contribution >= 0.6 is 11.8 Å². The maximum Gasteiger partial charge on any atom is 0.175 e. The molecule has 1 unspecified atom stereocenters. The lowest BCUT2D eigenvalue weighted by Crippen LogP contribution is -2.03. The second-order valence-electron chi connectivity index (χ2n) is 4.93. The minimum Gasteiger partial charge on any atom is -0.341 e. The molecule has 1 aromatic carbocycles. The summed E-state index contributed by atoms with van der Waals surface area (Å²) in [5, 5.41) is 0.419. The average Bonchev–Trinajstić information content (AvgIpc) is 2.81. The number of aromatic nitrogens is 2. The predicted octanol–water partition coefficient (Wildman–Crippen LogP) is 2.92. The lowest BCUT2D eigenvalue weighted by Gasteiger charge is -2.18. The second kappa shape index (κ2) is 4.83. The van der Waals surface area contributed by atoms with Crippen molar-refractivity contribution in [1.82, 2.24) is 9.97 Å². The first-order valence-corrected chi connectivity index (χ1v) is 9.29. The van der Waals surface area contributed by atoms with Gasteiger partial charge in [-0.2, -0.15) is 11.8 Å². The van der Waals surface area contributed by atoms with Crippen molar-refractivity contribution in [2.45, 2.75) is 29.4 Å². The molecule has 1 saturated heterocycles. The van der Waals surface area contributed by atoms with Crippen molar-refractivity contribution in [3.05, 3.63) is 24.0 Å². The summed E-state index contributed by atoms with van der Waals surface area (Å²) in [5.74, 6) is 2.15. The van der Waals surface area contributed by atoms with E-state index in [0.29, 0.717) is 10.1 Å². The zero-order valence-corrected chi connectivity index (χ0v) is 12.4. The molecule has 1 fully saturated rings. The molecule has 1 aliphatic heterocycles. The highest BCUT2D eigenvalue weighted by molar-refractivity contribution is 7.99. The van der Waals surface area contributed by atoms with Crippen LogP contribution in [0.4, 0.5) is 0 Å². The van der Waals surface area contributed by atoms with Gasteiger partial charge in [0.05, 0.1) is 21.2 Å². The minimum atomic E-state index is -3.16. The normalized spacial score (nSPS) is 20.8. The van der Waals surface area contributed by atoms with Crippen LogP contribution in [0.1, 0.15) is 30.3 Å². The summed E-state index contributed by atoms with van der Waals surface area (Å²) in [4.78, 5) is 8.21. The summed E-state index contributed by atoms with van der Waals surface area (Å²) in [5.41, 5.74) is 1.65. The van der Waals surface area contributed by atoms with E-state index in [2.05, 4.69) is 9.97 Å². The zero-order chi connectivity index (χ0) is 13.5. The molecule has 0 bridgehead atoms. The number of thioether (sulfide) groups is 1. The lowest BCUT2D eigenvalue weighted by atomic mass is 10.2. The van der Waals surface area contributed by atoms with Gasteiger partial charge in [0.25, 0.3) is 0 Å². The molecule has 102 valence electrons. The monoisotopic (exact) mass is 296 g/mol. The molecule has 0 spiro atoms. The molecule has 1 N–H and O–H groups in total. The van der Waals surface area contributed by atoms with Gasteiger partial charge in [-0.3, -0.25) is 0 Å². The Morgan fingerprint density at radius 3 is 2.89 bits per heavy atom. The van der Waals surface area contributed by atoms with Crippen molar-refractivity contribution in [2.24, 2.45) is 0 Å². The fraction of sp³-hybridized carbons (Fsp3) is 0.462. The molecule has 19 heavy (non-hydrogen) atoms. The van der Waals surface area contributed by atoms with Crippen molar-refractivity contribution < 1.29 is 8.42 Å². The van der Waals surface area contributed by atoms with Crippen LogP contribution in [0.3, 0.4) is 0 Å². The van der Waals surface area contributed by atoms with Crippen molar-refractivity contribution in [3.63, 3.8) is 0 Å². The number of H-pyrrole nitrogens is 1. The molecule has 4 nitrogen and oxygen atoms in total. The van der Waals surface area contributed by atoms with Crippen LogP contribution in [-0.2, 0) is 9.84 Å². The highest BCUT2D eigenvalue weighted by atomic mass is 32.2. The van der Waals surface area contributed by atoms with E-state index in [1.165, 1.54) is 24.9 Å². The quantitative estimate of drug-likeness (QED) is 0.925. The van der Waals surface area contributed by atoms with Crippen LogP contribution in [0.2, 0.25) is 0 Å². The van der Waals surface area contributed by atoms with Crippen LogP contribution < -0.4 is 0 Å². The summed E-state index contributed by atoms with van der Waals surface area (Å²) in [7, 11) is -3.16. The zero-order valence-electron chi connectivity index (χ0n) is 10.7. The first-order valence-electron chi connectivity index (χ1n) is 6.35. The summed E-state index contributed by atoms with van der Waals surface area (Å²) in [6.45, 7) is 0. The van der Waals surface area contributed by atoms with Crippen molar-refractivity contribution in [3.8, 4) is 0 Å². The van der Waals surface area contributed by atoms with Gasteiger partial charge in [0.2, 0.25) is 0 Å². The number of fused-ring (bicyclic) bond motifs is 1. The first-order chi connectivity index (χ1) is 9.04. The largest absolute Gasteiger partial charge is 0.341 e. The highest BCUT2D eigenvalue weighted by Gasteiger charge is 2.19. The van der Waals surface area contributed by atoms with Gasteiger partial charge in [-0.05, 0) is 36.8 Å². The molecule has 1 aliphatic rings. The molecule has 0 amide bonds. The summed E-state index contributed by atoms with van der Waals surface area (Å²) in [6.07, 6.45) is 4.88. The van der Waals surface area contributed by atoms with Gasteiger partial charge in [-0.15, -0.1) is 0 Å². The van der Waals surface area contributed by atoms with E-state index in [9.17, 15) is 8.42 Å². The van der Waals surface area contributed by atoms with Gasteiger partial charge < -0.3 is 4.98 Å². The molecule has 1 aromatic heterocycles. The predicted molar refractivity (Wildman–Crippen MR) is 78.3 cm³/mol. The number of rotatable bonds is 2. The molecule has 2 heterocycles. The van der Waals surface area contributed by atoms with E-state index < -0.39 is 9.84 Å². The summed E-state index contributed by atoms with van der Waals surface area (Å²) < 4.78 is 23.1. The number of nitrogens with zero attached hydrogens (tertiary/aromatic N) is 1. The number of hydrogen-bond acceptors (Lipinski definition) is 4. The van der Waals surface area contributed by atoms with Gasteiger partial charge in [0.15, 0.2) is 9.84 Å². The molecule has 2 aromatic rings. The Labute approximate surface area is 116 Å². The van der Waals surface area contributed by atoms with E-state index in [1.54, 1.807) is 18.2 Å². The van der Waals surface area contributed by atoms with E-state index in [4.69, 9.17) is 0 Å². The van der Waals surface area contributed by atoms with Crippen molar-refractivity contribution in [1.29, 1.82) is 0 Å². The summed E-state index contributed by atoms with van der Waals surface area (Å²) >= 11 is 1.93. The SMILES string of the molecule is CS(=O)(=O)c1ccc2nc(C3CCCCS3)[nH]c2c1. The summed E-state index contributed by atoms with van der Waals surface area (Å²) in [6, 6.07) is 5.07. The lowest BCUT2D eigenvalue weighted by molar-refractivity contribution is 0.602. The molecule has 3 rings (SSSR count). The number of nitrogens with one attached hydrogen (secondary N) is 1.